The fourth-order valence-corrected chi connectivity index (χ4v) is 1.59. The molecule has 0 aromatic carbocycles. The molecule has 0 saturated carbocycles. The maximum absolute atomic E-state index is 5.51. The second-order valence-electron chi connectivity index (χ2n) is 3.88. The van der Waals surface area contributed by atoms with E-state index in [4.69, 9.17) is 9.47 Å². The van der Waals surface area contributed by atoms with Crippen molar-refractivity contribution in [3.63, 3.8) is 0 Å². The van der Waals surface area contributed by atoms with Gasteiger partial charge < -0.3 is 9.47 Å². The van der Waals surface area contributed by atoms with Crippen LogP contribution in [0, 0.1) is 5.92 Å². The molecule has 1 aliphatic heterocycles. The van der Waals surface area contributed by atoms with Gasteiger partial charge in [0, 0.05) is 6.61 Å². The van der Waals surface area contributed by atoms with E-state index in [2.05, 4.69) is 13.8 Å². The van der Waals surface area contributed by atoms with Crippen LogP contribution in [0.3, 0.4) is 0 Å². The van der Waals surface area contributed by atoms with Gasteiger partial charge in [0.25, 0.3) is 0 Å². The van der Waals surface area contributed by atoms with Crippen molar-refractivity contribution >= 4 is 0 Å². The third kappa shape index (κ3) is 5.27. The summed E-state index contributed by atoms with van der Waals surface area (Å²) in [6.45, 7) is 7.15. The maximum Gasteiger partial charge on any atom is 0.104 e. The third-order valence-electron chi connectivity index (χ3n) is 2.65. The van der Waals surface area contributed by atoms with Gasteiger partial charge in [0.05, 0.1) is 13.2 Å². The van der Waals surface area contributed by atoms with E-state index in [1.165, 1.54) is 25.7 Å². The number of ether oxygens (including phenoxy) is 2. The summed E-state index contributed by atoms with van der Waals surface area (Å²) in [5, 5.41) is 0. The lowest BCUT2D eigenvalue weighted by atomic mass is 9.98. The Bertz CT molecular complexity index is 121. The minimum Gasteiger partial charge on any atom is -0.379 e. The Hall–Kier alpha value is -0.0800. The molecule has 2 nitrogen and oxygen atoms in total. The average molecular weight is 186 g/mol. The molecule has 13 heavy (non-hydrogen) atoms. The van der Waals surface area contributed by atoms with Crippen molar-refractivity contribution in [3.05, 3.63) is 0 Å². The molecule has 1 heterocycles. The first-order chi connectivity index (χ1) is 6.36. The summed E-state index contributed by atoms with van der Waals surface area (Å²) in [5.41, 5.74) is 0. The van der Waals surface area contributed by atoms with Gasteiger partial charge in [-0.2, -0.15) is 0 Å². The Balaban J connectivity index is 1.88. The Labute approximate surface area is 81.6 Å². The molecule has 2 atom stereocenters. The first kappa shape index (κ1) is 11.0. The van der Waals surface area contributed by atoms with Crippen LogP contribution in [0.25, 0.3) is 0 Å². The van der Waals surface area contributed by atoms with Gasteiger partial charge in [-0.25, -0.2) is 0 Å². The molecule has 0 amide bonds. The number of hydrogen-bond acceptors (Lipinski definition) is 2. The smallest absolute Gasteiger partial charge is 0.104 e. The summed E-state index contributed by atoms with van der Waals surface area (Å²) in [4.78, 5) is 0. The fraction of sp³-hybridized carbons (Fsp3) is 1.00. The predicted octanol–water partition coefficient (Wildman–Crippen LogP) is 2.62. The molecule has 0 spiro atoms. The van der Waals surface area contributed by atoms with E-state index < -0.39 is 0 Å². The largest absolute Gasteiger partial charge is 0.379 e. The molecule has 1 fully saturated rings. The van der Waals surface area contributed by atoms with E-state index in [0.717, 1.165) is 25.7 Å². The van der Waals surface area contributed by atoms with Crippen LogP contribution >= 0.6 is 0 Å². The molecule has 0 aromatic rings. The Morgan fingerprint density at radius 1 is 1.38 bits per heavy atom. The lowest BCUT2D eigenvalue weighted by molar-refractivity contribution is 0.103. The lowest BCUT2D eigenvalue weighted by Crippen LogP contribution is -2.07. The minimum absolute atomic E-state index is 0.422. The van der Waals surface area contributed by atoms with Gasteiger partial charge in [0.15, 0.2) is 0 Å². The first-order valence-electron chi connectivity index (χ1n) is 5.56. The van der Waals surface area contributed by atoms with Crippen LogP contribution in [0.1, 0.15) is 39.5 Å². The van der Waals surface area contributed by atoms with Gasteiger partial charge in [-0.05, 0) is 12.3 Å². The fourth-order valence-electron chi connectivity index (χ4n) is 1.59. The molecule has 0 bridgehead atoms. The molecule has 1 rings (SSSR count). The Morgan fingerprint density at radius 3 is 2.69 bits per heavy atom. The molecule has 2 unspecified atom stereocenters. The molecule has 0 aromatic heterocycles. The summed E-state index contributed by atoms with van der Waals surface area (Å²) in [6.07, 6.45) is 5.57. The van der Waals surface area contributed by atoms with Crippen molar-refractivity contribution in [2.45, 2.75) is 45.6 Å². The summed E-state index contributed by atoms with van der Waals surface area (Å²) >= 11 is 0. The maximum atomic E-state index is 5.51. The highest BCUT2D eigenvalue weighted by Gasteiger charge is 2.22. The third-order valence-corrected chi connectivity index (χ3v) is 2.65. The van der Waals surface area contributed by atoms with Gasteiger partial charge in [-0.3, -0.25) is 0 Å². The van der Waals surface area contributed by atoms with E-state index in [-0.39, 0.29) is 0 Å². The normalized spacial score (nSPS) is 23.1. The van der Waals surface area contributed by atoms with Crippen molar-refractivity contribution in [3.8, 4) is 0 Å². The highest BCUT2D eigenvalue weighted by molar-refractivity contribution is 4.67. The van der Waals surface area contributed by atoms with Crippen LogP contribution in [0.15, 0.2) is 0 Å². The second kappa shape index (κ2) is 6.39. The zero-order valence-electron chi connectivity index (χ0n) is 8.92. The zero-order valence-corrected chi connectivity index (χ0v) is 8.92. The van der Waals surface area contributed by atoms with Gasteiger partial charge in [-0.1, -0.05) is 33.1 Å². The molecule has 0 radical (unpaired) electrons. The first-order valence-corrected chi connectivity index (χ1v) is 5.56. The van der Waals surface area contributed by atoms with Crippen LogP contribution in [0.5, 0.6) is 0 Å². The van der Waals surface area contributed by atoms with E-state index in [9.17, 15) is 0 Å². The van der Waals surface area contributed by atoms with E-state index >= 15 is 0 Å². The molecular formula is C11H22O2. The molecule has 0 N–H and O–H groups in total. The van der Waals surface area contributed by atoms with Crippen molar-refractivity contribution in [2.24, 2.45) is 5.92 Å². The standard InChI is InChI=1S/C11H22O2/c1-3-5-10(4-2)6-7-12-8-11-9-13-11/h10-11H,3-9H2,1-2H3. The SMILES string of the molecule is CCCC(CC)CCOCC1CO1. The van der Waals surface area contributed by atoms with Gasteiger partial charge in [0.1, 0.15) is 6.10 Å². The molecule has 1 saturated heterocycles. The van der Waals surface area contributed by atoms with Crippen LogP contribution in [-0.4, -0.2) is 25.9 Å². The Morgan fingerprint density at radius 2 is 2.15 bits per heavy atom. The predicted molar refractivity (Wildman–Crippen MR) is 53.9 cm³/mol. The molecular weight excluding hydrogens is 164 g/mol. The highest BCUT2D eigenvalue weighted by atomic mass is 16.6. The zero-order chi connectivity index (χ0) is 9.52. The quantitative estimate of drug-likeness (QED) is 0.429. The van der Waals surface area contributed by atoms with E-state index in [1.807, 2.05) is 0 Å². The van der Waals surface area contributed by atoms with Crippen molar-refractivity contribution in [1.82, 2.24) is 0 Å². The second-order valence-corrected chi connectivity index (χ2v) is 3.88. The minimum atomic E-state index is 0.422. The van der Waals surface area contributed by atoms with Crippen molar-refractivity contribution < 1.29 is 9.47 Å². The molecule has 2 heteroatoms. The average Bonchev–Trinajstić information content (AvgIpc) is 2.94. The number of hydrogen-bond donors (Lipinski definition) is 0. The van der Waals surface area contributed by atoms with Crippen LogP contribution < -0.4 is 0 Å². The summed E-state index contributed by atoms with van der Waals surface area (Å²) < 4.78 is 10.6. The van der Waals surface area contributed by atoms with Gasteiger partial charge >= 0.3 is 0 Å². The number of rotatable bonds is 8. The van der Waals surface area contributed by atoms with Crippen LogP contribution in [0.2, 0.25) is 0 Å². The highest BCUT2D eigenvalue weighted by Crippen LogP contribution is 2.15. The lowest BCUT2D eigenvalue weighted by Gasteiger charge is -2.12. The number of epoxide rings is 1. The van der Waals surface area contributed by atoms with E-state index in [1.54, 1.807) is 0 Å². The van der Waals surface area contributed by atoms with E-state index in [0.29, 0.717) is 6.10 Å². The summed E-state index contributed by atoms with van der Waals surface area (Å²) in [6, 6.07) is 0. The molecule has 1 aliphatic rings. The Kier molecular flexibility index (Phi) is 5.40. The molecule has 0 aliphatic carbocycles. The van der Waals surface area contributed by atoms with Crippen molar-refractivity contribution in [1.29, 1.82) is 0 Å². The topological polar surface area (TPSA) is 21.8 Å². The summed E-state index contributed by atoms with van der Waals surface area (Å²) in [7, 11) is 0. The van der Waals surface area contributed by atoms with Crippen LogP contribution in [0.4, 0.5) is 0 Å². The van der Waals surface area contributed by atoms with Crippen LogP contribution in [-0.2, 0) is 9.47 Å². The molecule has 78 valence electrons. The van der Waals surface area contributed by atoms with Gasteiger partial charge in [-0.15, -0.1) is 0 Å². The van der Waals surface area contributed by atoms with Gasteiger partial charge in [0.2, 0.25) is 0 Å². The van der Waals surface area contributed by atoms with Crippen molar-refractivity contribution in [2.75, 3.05) is 19.8 Å². The summed E-state index contributed by atoms with van der Waals surface area (Å²) in [5.74, 6) is 0.866. The monoisotopic (exact) mass is 186 g/mol.